The summed E-state index contributed by atoms with van der Waals surface area (Å²) < 4.78 is 5.40. The number of carboxylic acid groups (broad SMARTS) is 1. The Morgan fingerprint density at radius 2 is 2.17 bits per heavy atom. The van der Waals surface area contributed by atoms with E-state index in [9.17, 15) is 9.59 Å². The molecule has 102 valence electrons. The molecule has 1 aliphatic carbocycles. The van der Waals surface area contributed by atoms with Crippen LogP contribution in [-0.4, -0.2) is 48.2 Å². The van der Waals surface area contributed by atoms with Crippen molar-refractivity contribution in [1.29, 1.82) is 0 Å². The highest BCUT2D eigenvalue weighted by Gasteiger charge is 2.50. The quantitative estimate of drug-likeness (QED) is 0.795. The third-order valence-corrected chi connectivity index (χ3v) is 3.81. The summed E-state index contributed by atoms with van der Waals surface area (Å²) in [5.74, 6) is -1.11. The first-order chi connectivity index (χ1) is 8.63. The zero-order chi connectivity index (χ0) is 13.1. The first-order valence-electron chi connectivity index (χ1n) is 6.72. The van der Waals surface area contributed by atoms with Crippen LogP contribution in [0.5, 0.6) is 0 Å². The zero-order valence-electron chi connectivity index (χ0n) is 10.8. The van der Waals surface area contributed by atoms with Gasteiger partial charge in [-0.15, -0.1) is 0 Å². The van der Waals surface area contributed by atoms with E-state index in [0.29, 0.717) is 25.6 Å². The molecule has 5 nitrogen and oxygen atoms in total. The molecule has 18 heavy (non-hydrogen) atoms. The lowest BCUT2D eigenvalue weighted by molar-refractivity contribution is -0.142. The maximum absolute atomic E-state index is 12.1. The molecule has 2 fully saturated rings. The molecule has 1 amide bonds. The van der Waals surface area contributed by atoms with Crippen molar-refractivity contribution >= 4 is 11.9 Å². The molecule has 0 bridgehead atoms. The molecule has 1 aliphatic heterocycles. The van der Waals surface area contributed by atoms with Crippen molar-refractivity contribution in [3.63, 3.8) is 0 Å². The highest BCUT2D eigenvalue weighted by atomic mass is 16.5. The van der Waals surface area contributed by atoms with Crippen LogP contribution in [0.1, 0.15) is 26.2 Å². The van der Waals surface area contributed by atoms with E-state index in [1.54, 1.807) is 0 Å². The molecule has 1 heterocycles. The van der Waals surface area contributed by atoms with E-state index in [1.807, 2.05) is 11.8 Å². The van der Waals surface area contributed by atoms with Crippen molar-refractivity contribution < 1.29 is 19.4 Å². The average Bonchev–Trinajstić information content (AvgIpc) is 3.16. The monoisotopic (exact) mass is 255 g/mol. The summed E-state index contributed by atoms with van der Waals surface area (Å²) >= 11 is 0. The molecule has 3 atom stereocenters. The fourth-order valence-corrected chi connectivity index (χ4v) is 2.66. The SMILES string of the molecule is CCOCC1CCCN(C(=O)C2CC2C(=O)O)C1. The zero-order valence-corrected chi connectivity index (χ0v) is 10.8. The Morgan fingerprint density at radius 3 is 2.78 bits per heavy atom. The number of carbonyl (C=O) groups is 2. The molecule has 5 heteroatoms. The van der Waals surface area contributed by atoms with Crippen LogP contribution in [0.15, 0.2) is 0 Å². The van der Waals surface area contributed by atoms with Crippen molar-refractivity contribution in [3.8, 4) is 0 Å². The van der Waals surface area contributed by atoms with Gasteiger partial charge in [-0.1, -0.05) is 0 Å². The predicted molar refractivity (Wildman–Crippen MR) is 65.0 cm³/mol. The normalized spacial score (nSPS) is 31.2. The lowest BCUT2D eigenvalue weighted by Gasteiger charge is -2.32. The summed E-state index contributed by atoms with van der Waals surface area (Å²) in [6, 6.07) is 0. The summed E-state index contributed by atoms with van der Waals surface area (Å²) in [7, 11) is 0. The molecule has 0 aromatic heterocycles. The second-order valence-electron chi connectivity index (χ2n) is 5.24. The van der Waals surface area contributed by atoms with Crippen LogP contribution in [0.25, 0.3) is 0 Å². The van der Waals surface area contributed by atoms with E-state index in [2.05, 4.69) is 0 Å². The molecule has 3 unspecified atom stereocenters. The van der Waals surface area contributed by atoms with Gasteiger partial charge in [0, 0.05) is 19.7 Å². The summed E-state index contributed by atoms with van der Waals surface area (Å²) in [6.07, 6.45) is 2.60. The number of rotatable bonds is 5. The van der Waals surface area contributed by atoms with Crippen molar-refractivity contribution in [2.45, 2.75) is 26.2 Å². The number of likely N-dealkylation sites (tertiary alicyclic amines) is 1. The number of piperidine rings is 1. The molecule has 0 aromatic rings. The smallest absolute Gasteiger partial charge is 0.307 e. The van der Waals surface area contributed by atoms with Crippen LogP contribution in [0.3, 0.4) is 0 Å². The Morgan fingerprint density at radius 1 is 1.39 bits per heavy atom. The van der Waals surface area contributed by atoms with Gasteiger partial charge in [0.2, 0.25) is 5.91 Å². The summed E-state index contributed by atoms with van der Waals surface area (Å²) in [5.41, 5.74) is 0. The second-order valence-corrected chi connectivity index (χ2v) is 5.24. The first kappa shape index (κ1) is 13.3. The Labute approximate surface area is 107 Å². The van der Waals surface area contributed by atoms with Gasteiger partial charge in [0.05, 0.1) is 18.4 Å². The summed E-state index contributed by atoms with van der Waals surface area (Å²) in [5, 5.41) is 8.85. The van der Waals surface area contributed by atoms with Crippen LogP contribution < -0.4 is 0 Å². The molecule has 0 spiro atoms. The van der Waals surface area contributed by atoms with Crippen molar-refractivity contribution in [3.05, 3.63) is 0 Å². The maximum atomic E-state index is 12.1. The summed E-state index contributed by atoms with van der Waals surface area (Å²) in [6.45, 7) is 4.86. The minimum absolute atomic E-state index is 0.0311. The van der Waals surface area contributed by atoms with Gasteiger partial charge in [-0.2, -0.15) is 0 Å². The fourth-order valence-electron chi connectivity index (χ4n) is 2.66. The average molecular weight is 255 g/mol. The fraction of sp³-hybridized carbons (Fsp3) is 0.846. The van der Waals surface area contributed by atoms with E-state index in [1.165, 1.54) is 0 Å². The van der Waals surface area contributed by atoms with Crippen LogP contribution in [0.4, 0.5) is 0 Å². The lowest BCUT2D eigenvalue weighted by atomic mass is 9.98. The van der Waals surface area contributed by atoms with Gasteiger partial charge in [-0.3, -0.25) is 9.59 Å². The Bertz CT molecular complexity index is 331. The number of carbonyl (C=O) groups excluding carboxylic acids is 1. The van der Waals surface area contributed by atoms with E-state index in [-0.39, 0.29) is 11.8 Å². The summed E-state index contributed by atoms with van der Waals surface area (Å²) in [4.78, 5) is 24.7. The Hall–Kier alpha value is -1.10. The number of carboxylic acids is 1. The second kappa shape index (κ2) is 5.69. The Balaban J connectivity index is 1.82. The molecule has 1 saturated carbocycles. The van der Waals surface area contributed by atoms with Gasteiger partial charge in [0.25, 0.3) is 0 Å². The molecule has 2 aliphatic rings. The van der Waals surface area contributed by atoms with E-state index < -0.39 is 11.9 Å². The number of amides is 1. The number of hydrogen-bond acceptors (Lipinski definition) is 3. The number of nitrogens with zero attached hydrogens (tertiary/aromatic N) is 1. The molecule has 1 N–H and O–H groups in total. The third-order valence-electron chi connectivity index (χ3n) is 3.81. The highest BCUT2D eigenvalue weighted by Crippen LogP contribution is 2.40. The molecular weight excluding hydrogens is 234 g/mol. The topological polar surface area (TPSA) is 66.8 Å². The van der Waals surface area contributed by atoms with E-state index >= 15 is 0 Å². The number of aliphatic carboxylic acids is 1. The minimum atomic E-state index is -0.837. The van der Waals surface area contributed by atoms with E-state index in [0.717, 1.165) is 25.9 Å². The van der Waals surface area contributed by atoms with Gasteiger partial charge in [0.1, 0.15) is 0 Å². The molecule has 2 rings (SSSR count). The lowest BCUT2D eigenvalue weighted by Crippen LogP contribution is -2.42. The molecule has 0 aromatic carbocycles. The van der Waals surface area contributed by atoms with Crippen LogP contribution in [0, 0.1) is 17.8 Å². The highest BCUT2D eigenvalue weighted by molar-refractivity contribution is 5.89. The van der Waals surface area contributed by atoms with Gasteiger partial charge in [0.15, 0.2) is 0 Å². The maximum Gasteiger partial charge on any atom is 0.307 e. The van der Waals surface area contributed by atoms with Crippen molar-refractivity contribution in [2.75, 3.05) is 26.3 Å². The van der Waals surface area contributed by atoms with Crippen molar-refractivity contribution in [1.82, 2.24) is 4.90 Å². The third kappa shape index (κ3) is 3.02. The standard InChI is InChI=1S/C13H21NO4/c1-2-18-8-9-4-3-5-14(7-9)12(15)10-6-11(10)13(16)17/h9-11H,2-8H2,1H3,(H,16,17). The van der Waals surface area contributed by atoms with Gasteiger partial charge in [-0.25, -0.2) is 0 Å². The minimum Gasteiger partial charge on any atom is -0.481 e. The molecular formula is C13H21NO4. The molecule has 0 radical (unpaired) electrons. The van der Waals surface area contributed by atoms with Crippen LogP contribution in [0.2, 0.25) is 0 Å². The van der Waals surface area contributed by atoms with Gasteiger partial charge >= 0.3 is 5.97 Å². The first-order valence-corrected chi connectivity index (χ1v) is 6.72. The van der Waals surface area contributed by atoms with E-state index in [4.69, 9.17) is 9.84 Å². The van der Waals surface area contributed by atoms with Crippen LogP contribution in [-0.2, 0) is 14.3 Å². The van der Waals surface area contributed by atoms with Crippen molar-refractivity contribution in [2.24, 2.45) is 17.8 Å². The Kier molecular flexibility index (Phi) is 4.22. The molecule has 1 saturated heterocycles. The van der Waals surface area contributed by atoms with Crippen LogP contribution >= 0.6 is 0 Å². The van der Waals surface area contributed by atoms with Gasteiger partial charge in [-0.05, 0) is 32.1 Å². The number of ether oxygens (including phenoxy) is 1. The van der Waals surface area contributed by atoms with Gasteiger partial charge < -0.3 is 14.7 Å². The number of hydrogen-bond donors (Lipinski definition) is 1. The predicted octanol–water partition coefficient (Wildman–Crippen LogP) is 0.982. The largest absolute Gasteiger partial charge is 0.481 e.